The average molecular weight is 634 g/mol. The van der Waals surface area contributed by atoms with E-state index >= 15 is 0 Å². The van der Waals surface area contributed by atoms with Crippen molar-refractivity contribution in [3.05, 3.63) is 18.2 Å². The predicted octanol–water partition coefficient (Wildman–Crippen LogP) is 7.58. The van der Waals surface area contributed by atoms with Gasteiger partial charge in [-0.2, -0.15) is 15.0 Å². The number of anilines is 5. The zero-order valence-electron chi connectivity index (χ0n) is 27.1. The molecule has 1 aliphatic carbocycles. The standard InChI is InChI=1S/C21H29N7O3.C9H18.4H3N.6H2/c29-14-18(31)23-16-8-7-15(13-17(16)30)22-19-24-20(27-9-3-1-4-10-27)26-21(25-19)28-11-5-2-6-12-28;1-8(2)9-6-4-3-5-7-9;;;;;;;;;;/h7-8,13,29-30H,1-6,9-12,14H2,(H,23,31)(H,22,24,25,26);8-9H,3-7H2,1-2H3;4*1H3;6*1H. The van der Waals surface area contributed by atoms with E-state index in [0.29, 0.717) is 23.5 Å². The van der Waals surface area contributed by atoms with E-state index in [2.05, 4.69) is 44.2 Å². The molecule has 44 heavy (non-hydrogen) atoms. The number of hydrogen-bond donors (Lipinski definition) is 8. The normalized spacial score (nSPS) is 16.5. The summed E-state index contributed by atoms with van der Waals surface area (Å²) < 4.78 is 0. The van der Waals surface area contributed by atoms with Crippen LogP contribution in [0.25, 0.3) is 0 Å². The Morgan fingerprint density at radius 3 is 1.77 bits per heavy atom. The Labute approximate surface area is 272 Å². The SMILES string of the molecule is CC(C)C1CCCCC1.N.N.N.N.O=C(CO)Nc1ccc(Nc2nc(N3CCCCC3)nc(N3CCCCC3)n2)cc1O.[HH].[HH].[HH].[HH].[HH].[HH]. The fourth-order valence-electron chi connectivity index (χ4n) is 5.72. The average Bonchev–Trinajstić information content (AvgIpc) is 3.00. The summed E-state index contributed by atoms with van der Waals surface area (Å²) in [7, 11) is 0. The Hall–Kier alpha value is -3.30. The van der Waals surface area contributed by atoms with Crippen LogP contribution >= 0.6 is 0 Å². The van der Waals surface area contributed by atoms with Crippen LogP contribution in [0.4, 0.5) is 29.2 Å². The van der Waals surface area contributed by atoms with Crippen LogP contribution in [0, 0.1) is 11.8 Å². The second-order valence-corrected chi connectivity index (χ2v) is 11.6. The number of benzene rings is 1. The minimum absolute atomic E-state index is 0. The molecule has 3 heterocycles. The first kappa shape index (κ1) is 40.7. The van der Waals surface area contributed by atoms with Crippen molar-refractivity contribution in [1.29, 1.82) is 0 Å². The highest BCUT2D eigenvalue weighted by Crippen LogP contribution is 2.30. The lowest BCUT2D eigenvalue weighted by Crippen LogP contribution is -2.34. The maximum Gasteiger partial charge on any atom is 0.250 e. The molecule has 14 heteroatoms. The summed E-state index contributed by atoms with van der Waals surface area (Å²) in [6, 6.07) is 4.75. The third kappa shape index (κ3) is 12.0. The number of aliphatic hydroxyl groups is 1. The number of amides is 1. The fraction of sp³-hybridized carbons (Fsp3) is 0.667. The minimum Gasteiger partial charge on any atom is -0.506 e. The Morgan fingerprint density at radius 1 is 0.841 bits per heavy atom. The van der Waals surface area contributed by atoms with Crippen LogP contribution in [0.15, 0.2) is 18.2 Å². The molecule has 3 aliphatic rings. The molecule has 0 bridgehead atoms. The molecule has 14 nitrogen and oxygen atoms in total. The highest BCUT2D eigenvalue weighted by molar-refractivity contribution is 5.93. The van der Waals surface area contributed by atoms with E-state index in [-0.39, 0.29) is 44.6 Å². The largest absolute Gasteiger partial charge is 0.506 e. The maximum atomic E-state index is 11.4. The Bertz CT molecular complexity index is 1080. The second-order valence-electron chi connectivity index (χ2n) is 11.6. The van der Waals surface area contributed by atoms with Crippen molar-refractivity contribution in [3.8, 4) is 5.75 Å². The lowest BCUT2D eigenvalue weighted by Gasteiger charge is -2.30. The fourth-order valence-corrected chi connectivity index (χ4v) is 5.72. The van der Waals surface area contributed by atoms with Crippen molar-refractivity contribution in [2.24, 2.45) is 11.8 Å². The highest BCUT2D eigenvalue weighted by Gasteiger charge is 2.21. The number of aliphatic hydroxyl groups excluding tert-OH is 1. The molecule has 0 atom stereocenters. The Morgan fingerprint density at radius 2 is 1.34 bits per heavy atom. The van der Waals surface area contributed by atoms with Gasteiger partial charge in [-0.05, 0) is 62.5 Å². The molecule has 1 saturated carbocycles. The highest BCUT2D eigenvalue weighted by atomic mass is 16.3. The number of carbonyl (C=O) groups excluding carboxylic acids is 1. The summed E-state index contributed by atoms with van der Waals surface area (Å²) in [5.74, 6) is 3.05. The van der Waals surface area contributed by atoms with Gasteiger partial charge in [0.1, 0.15) is 12.4 Å². The van der Waals surface area contributed by atoms with Crippen molar-refractivity contribution in [2.45, 2.75) is 84.5 Å². The number of nitrogens with zero attached hydrogens (tertiary/aromatic N) is 5. The third-order valence-electron chi connectivity index (χ3n) is 8.15. The first-order valence-electron chi connectivity index (χ1n) is 15.2. The van der Waals surface area contributed by atoms with Gasteiger partial charge in [-0.1, -0.05) is 46.0 Å². The summed E-state index contributed by atoms with van der Waals surface area (Å²) in [4.78, 5) is 29.8. The molecule has 0 unspecified atom stereocenters. The number of phenolic OH excluding ortho intramolecular Hbond substituents is 1. The number of aromatic nitrogens is 3. The molecule has 1 aromatic carbocycles. The summed E-state index contributed by atoms with van der Waals surface area (Å²) in [5.41, 5.74) is 0.808. The van der Waals surface area contributed by atoms with Gasteiger partial charge in [0, 0.05) is 46.5 Å². The summed E-state index contributed by atoms with van der Waals surface area (Å²) in [6.07, 6.45) is 14.4. The van der Waals surface area contributed by atoms with Gasteiger partial charge in [-0.15, -0.1) is 0 Å². The first-order chi connectivity index (χ1) is 19.4. The topological polar surface area (TPSA) is 267 Å². The lowest BCUT2D eigenvalue weighted by atomic mass is 9.82. The summed E-state index contributed by atoms with van der Waals surface area (Å²) >= 11 is 0. The van der Waals surface area contributed by atoms with E-state index < -0.39 is 12.5 Å². The van der Waals surface area contributed by atoms with Gasteiger partial charge in [0.15, 0.2) is 0 Å². The second kappa shape index (κ2) is 20.6. The van der Waals surface area contributed by atoms with E-state index in [9.17, 15) is 9.90 Å². The van der Waals surface area contributed by atoms with Crippen LogP contribution in [0.3, 0.4) is 0 Å². The van der Waals surface area contributed by atoms with Crippen LogP contribution in [0.1, 0.15) is 93.0 Å². The molecular formula is C30H71N11O3. The Kier molecular flexibility index (Phi) is 19.1. The van der Waals surface area contributed by atoms with Crippen molar-refractivity contribution >= 4 is 35.1 Å². The molecule has 3 fully saturated rings. The lowest BCUT2D eigenvalue weighted by molar-refractivity contribution is -0.118. The van der Waals surface area contributed by atoms with Gasteiger partial charge in [0.2, 0.25) is 23.8 Å². The van der Waals surface area contributed by atoms with Gasteiger partial charge in [0.05, 0.1) is 5.69 Å². The zero-order valence-corrected chi connectivity index (χ0v) is 27.1. The van der Waals surface area contributed by atoms with E-state index in [0.717, 1.165) is 63.7 Å². The maximum absolute atomic E-state index is 11.4. The van der Waals surface area contributed by atoms with E-state index in [1.165, 1.54) is 51.0 Å². The van der Waals surface area contributed by atoms with Gasteiger partial charge < -0.3 is 55.2 Å². The molecule has 0 spiro atoms. The number of carbonyl (C=O) groups is 1. The quantitative estimate of drug-likeness (QED) is 0.137. The van der Waals surface area contributed by atoms with Crippen LogP contribution < -0.4 is 45.0 Å². The van der Waals surface area contributed by atoms with Gasteiger partial charge in [0.25, 0.3) is 0 Å². The summed E-state index contributed by atoms with van der Waals surface area (Å²) in [6.45, 7) is 7.80. The van der Waals surface area contributed by atoms with Crippen molar-refractivity contribution in [3.63, 3.8) is 0 Å². The molecular weight excluding hydrogens is 562 g/mol. The van der Waals surface area contributed by atoms with Crippen molar-refractivity contribution in [1.82, 2.24) is 39.6 Å². The molecule has 1 aromatic heterocycles. The molecule has 16 N–H and O–H groups in total. The molecule has 2 aromatic rings. The van der Waals surface area contributed by atoms with Gasteiger partial charge in [-0.3, -0.25) is 4.79 Å². The molecule has 2 aliphatic heterocycles. The number of hydrogen-bond acceptors (Lipinski definition) is 13. The number of phenols is 1. The molecule has 2 saturated heterocycles. The van der Waals surface area contributed by atoms with E-state index in [1.54, 1.807) is 12.1 Å². The summed E-state index contributed by atoms with van der Waals surface area (Å²) in [5, 5.41) is 24.7. The van der Waals surface area contributed by atoms with Crippen LogP contribution in [-0.4, -0.2) is 63.9 Å². The van der Waals surface area contributed by atoms with Crippen molar-refractivity contribution in [2.75, 3.05) is 53.2 Å². The minimum atomic E-state index is -0.650. The smallest absolute Gasteiger partial charge is 0.250 e. The van der Waals surface area contributed by atoms with Gasteiger partial charge >= 0.3 is 0 Å². The zero-order chi connectivity index (χ0) is 28.3. The van der Waals surface area contributed by atoms with E-state index in [4.69, 9.17) is 10.1 Å². The molecule has 5 rings (SSSR count). The number of piperidine rings is 2. The number of rotatable bonds is 7. The number of aromatic hydroxyl groups is 1. The van der Waals surface area contributed by atoms with E-state index in [1.807, 2.05) is 0 Å². The van der Waals surface area contributed by atoms with Crippen LogP contribution in [0.2, 0.25) is 0 Å². The van der Waals surface area contributed by atoms with Crippen LogP contribution in [-0.2, 0) is 4.79 Å². The molecule has 264 valence electrons. The Balaban J connectivity index is -0.000000173. The van der Waals surface area contributed by atoms with Gasteiger partial charge in [-0.25, -0.2) is 0 Å². The monoisotopic (exact) mass is 634 g/mol. The number of nitrogens with one attached hydrogen (secondary N) is 2. The third-order valence-corrected chi connectivity index (χ3v) is 8.15. The molecule has 0 radical (unpaired) electrons. The van der Waals surface area contributed by atoms with Crippen molar-refractivity contribution < 1.29 is 23.6 Å². The van der Waals surface area contributed by atoms with Crippen LogP contribution in [0.5, 0.6) is 5.75 Å². The predicted molar refractivity (Wildman–Crippen MR) is 193 cm³/mol. The first-order valence-corrected chi connectivity index (χ1v) is 15.2. The molecule has 1 amide bonds.